The van der Waals surface area contributed by atoms with Gasteiger partial charge in [0.1, 0.15) is 0 Å². The standard InChI is InChI=1S/C7H11ClF3N/c8-6-2-1-3-12(4-6)5-7(9,10)11/h6H,1-5H2. The summed E-state index contributed by atoms with van der Waals surface area (Å²) >= 11 is 5.73. The van der Waals surface area contributed by atoms with E-state index < -0.39 is 12.7 Å². The molecule has 0 saturated carbocycles. The van der Waals surface area contributed by atoms with E-state index in [9.17, 15) is 13.2 Å². The van der Waals surface area contributed by atoms with Crippen LogP contribution in [0.4, 0.5) is 13.2 Å². The lowest BCUT2D eigenvalue weighted by molar-refractivity contribution is -0.147. The van der Waals surface area contributed by atoms with Crippen LogP contribution in [0.25, 0.3) is 0 Å². The molecule has 0 aromatic carbocycles. The summed E-state index contributed by atoms with van der Waals surface area (Å²) < 4.78 is 35.6. The highest BCUT2D eigenvalue weighted by atomic mass is 35.5. The van der Waals surface area contributed by atoms with Gasteiger partial charge >= 0.3 is 6.18 Å². The average molecular weight is 202 g/mol. The van der Waals surface area contributed by atoms with E-state index in [1.54, 1.807) is 0 Å². The van der Waals surface area contributed by atoms with Crippen LogP contribution in [0.2, 0.25) is 0 Å². The molecule has 5 heteroatoms. The molecule has 0 spiro atoms. The number of rotatable bonds is 1. The van der Waals surface area contributed by atoms with Crippen LogP contribution < -0.4 is 0 Å². The molecule has 0 aromatic rings. The first kappa shape index (κ1) is 10.1. The molecule has 0 N–H and O–H groups in total. The van der Waals surface area contributed by atoms with Crippen LogP contribution in [0.1, 0.15) is 12.8 Å². The molecule has 1 aliphatic rings. The maximum atomic E-state index is 11.9. The average Bonchev–Trinajstić information content (AvgIpc) is 1.82. The molecule has 1 aliphatic heterocycles. The second-order valence-electron chi connectivity index (χ2n) is 3.09. The fraction of sp³-hybridized carbons (Fsp3) is 1.00. The third kappa shape index (κ3) is 3.63. The van der Waals surface area contributed by atoms with E-state index in [1.807, 2.05) is 0 Å². The Morgan fingerprint density at radius 3 is 2.58 bits per heavy atom. The zero-order valence-corrected chi connectivity index (χ0v) is 7.33. The molecule has 1 unspecified atom stereocenters. The predicted octanol–water partition coefficient (Wildman–Crippen LogP) is 2.25. The van der Waals surface area contributed by atoms with Crippen LogP contribution >= 0.6 is 11.6 Å². The molecule has 0 aromatic heterocycles. The minimum atomic E-state index is -4.09. The Morgan fingerprint density at radius 2 is 2.08 bits per heavy atom. The van der Waals surface area contributed by atoms with Crippen LogP contribution in [0, 0.1) is 0 Å². The fourth-order valence-corrected chi connectivity index (χ4v) is 1.75. The smallest absolute Gasteiger partial charge is 0.294 e. The number of nitrogens with zero attached hydrogens (tertiary/aromatic N) is 1. The quantitative estimate of drug-likeness (QED) is 0.589. The molecule has 0 aliphatic carbocycles. The summed E-state index contributed by atoms with van der Waals surface area (Å²) in [7, 11) is 0. The Morgan fingerprint density at radius 1 is 1.42 bits per heavy atom. The molecule has 0 amide bonds. The van der Waals surface area contributed by atoms with Gasteiger partial charge in [-0.1, -0.05) is 0 Å². The largest absolute Gasteiger partial charge is 0.401 e. The lowest BCUT2D eigenvalue weighted by atomic mass is 10.1. The number of hydrogen-bond acceptors (Lipinski definition) is 1. The summed E-state index contributed by atoms with van der Waals surface area (Å²) in [6.45, 7) is 0.0556. The highest BCUT2D eigenvalue weighted by Gasteiger charge is 2.32. The van der Waals surface area contributed by atoms with Crippen molar-refractivity contribution in [2.45, 2.75) is 24.4 Å². The van der Waals surface area contributed by atoms with Gasteiger partial charge in [-0.15, -0.1) is 11.6 Å². The molecule has 12 heavy (non-hydrogen) atoms. The van der Waals surface area contributed by atoms with Crippen molar-refractivity contribution in [1.29, 1.82) is 0 Å². The maximum Gasteiger partial charge on any atom is 0.401 e. The lowest BCUT2D eigenvalue weighted by Gasteiger charge is -2.30. The first-order valence-electron chi connectivity index (χ1n) is 3.90. The second kappa shape index (κ2) is 3.83. The zero-order chi connectivity index (χ0) is 9.19. The van der Waals surface area contributed by atoms with E-state index in [4.69, 9.17) is 11.6 Å². The van der Waals surface area contributed by atoms with Gasteiger partial charge < -0.3 is 0 Å². The Hall–Kier alpha value is 0.0400. The summed E-state index contributed by atoms with van der Waals surface area (Å²) in [5.41, 5.74) is 0. The van der Waals surface area contributed by atoms with E-state index in [-0.39, 0.29) is 5.38 Å². The highest BCUT2D eigenvalue weighted by molar-refractivity contribution is 6.20. The Balaban J connectivity index is 2.32. The van der Waals surface area contributed by atoms with Crippen molar-refractivity contribution in [1.82, 2.24) is 4.90 Å². The number of alkyl halides is 4. The van der Waals surface area contributed by atoms with Crippen LogP contribution in [0.15, 0.2) is 0 Å². The van der Waals surface area contributed by atoms with Crippen molar-refractivity contribution in [2.75, 3.05) is 19.6 Å². The van der Waals surface area contributed by atoms with Crippen molar-refractivity contribution in [3.63, 3.8) is 0 Å². The molecular weight excluding hydrogens is 191 g/mol. The number of piperidine rings is 1. The third-order valence-corrected chi connectivity index (χ3v) is 2.21. The second-order valence-corrected chi connectivity index (χ2v) is 3.71. The van der Waals surface area contributed by atoms with Crippen molar-refractivity contribution in [2.24, 2.45) is 0 Å². The van der Waals surface area contributed by atoms with Gasteiger partial charge in [-0.3, -0.25) is 4.90 Å². The van der Waals surface area contributed by atoms with Gasteiger partial charge in [0.05, 0.1) is 6.54 Å². The molecule has 1 atom stereocenters. The molecule has 1 rings (SSSR count). The Labute approximate surface area is 74.5 Å². The molecule has 1 heterocycles. The monoisotopic (exact) mass is 201 g/mol. The van der Waals surface area contributed by atoms with E-state index in [1.165, 1.54) is 4.90 Å². The normalized spacial score (nSPS) is 27.5. The first-order valence-corrected chi connectivity index (χ1v) is 4.34. The highest BCUT2D eigenvalue weighted by Crippen LogP contribution is 2.21. The number of hydrogen-bond donors (Lipinski definition) is 0. The number of halogens is 4. The van der Waals surface area contributed by atoms with Gasteiger partial charge in [-0.25, -0.2) is 0 Å². The first-order chi connectivity index (χ1) is 5.47. The molecule has 72 valence electrons. The predicted molar refractivity (Wildman–Crippen MR) is 41.4 cm³/mol. The van der Waals surface area contributed by atoms with Gasteiger partial charge in [-0.2, -0.15) is 13.2 Å². The van der Waals surface area contributed by atoms with E-state index in [2.05, 4.69) is 0 Å². The fourth-order valence-electron chi connectivity index (χ4n) is 1.40. The minimum absolute atomic E-state index is 0.110. The van der Waals surface area contributed by atoms with Crippen LogP contribution in [-0.2, 0) is 0 Å². The van der Waals surface area contributed by atoms with Gasteiger partial charge in [0.25, 0.3) is 0 Å². The third-order valence-electron chi connectivity index (χ3n) is 1.85. The Kier molecular flexibility index (Phi) is 3.23. The molecule has 1 fully saturated rings. The van der Waals surface area contributed by atoms with Crippen molar-refractivity contribution in [3.05, 3.63) is 0 Å². The van der Waals surface area contributed by atoms with E-state index in [0.717, 1.165) is 12.8 Å². The van der Waals surface area contributed by atoms with Crippen LogP contribution in [0.5, 0.6) is 0 Å². The summed E-state index contributed by atoms with van der Waals surface area (Å²) in [4.78, 5) is 1.36. The summed E-state index contributed by atoms with van der Waals surface area (Å²) in [6.07, 6.45) is -2.49. The Bertz CT molecular complexity index is 148. The van der Waals surface area contributed by atoms with E-state index >= 15 is 0 Å². The molecule has 0 bridgehead atoms. The SMILES string of the molecule is FC(F)(F)CN1CCCC(Cl)C1. The van der Waals surface area contributed by atoms with Crippen molar-refractivity contribution in [3.8, 4) is 0 Å². The minimum Gasteiger partial charge on any atom is -0.294 e. The summed E-state index contributed by atoms with van der Waals surface area (Å²) in [5.74, 6) is 0. The summed E-state index contributed by atoms with van der Waals surface area (Å²) in [6, 6.07) is 0. The maximum absolute atomic E-state index is 11.9. The van der Waals surface area contributed by atoms with Crippen LogP contribution in [0.3, 0.4) is 0 Å². The number of likely N-dealkylation sites (tertiary alicyclic amines) is 1. The van der Waals surface area contributed by atoms with Crippen molar-refractivity contribution < 1.29 is 13.2 Å². The van der Waals surface area contributed by atoms with Crippen LogP contribution in [-0.4, -0.2) is 36.1 Å². The molecule has 0 radical (unpaired) electrons. The molecule has 1 saturated heterocycles. The van der Waals surface area contributed by atoms with Gasteiger partial charge in [-0.05, 0) is 19.4 Å². The molecule has 1 nitrogen and oxygen atoms in total. The van der Waals surface area contributed by atoms with Gasteiger partial charge in [0.15, 0.2) is 0 Å². The van der Waals surface area contributed by atoms with Gasteiger partial charge in [0.2, 0.25) is 0 Å². The molecular formula is C7H11ClF3N. The lowest BCUT2D eigenvalue weighted by Crippen LogP contribution is -2.41. The van der Waals surface area contributed by atoms with Crippen molar-refractivity contribution >= 4 is 11.6 Å². The zero-order valence-electron chi connectivity index (χ0n) is 6.57. The topological polar surface area (TPSA) is 3.24 Å². The van der Waals surface area contributed by atoms with Gasteiger partial charge in [0, 0.05) is 11.9 Å². The van der Waals surface area contributed by atoms with E-state index in [0.29, 0.717) is 13.1 Å². The summed E-state index contributed by atoms with van der Waals surface area (Å²) in [5, 5.41) is -0.110.